The van der Waals surface area contributed by atoms with Crippen LogP contribution in [-0.2, 0) is 9.59 Å². The van der Waals surface area contributed by atoms with E-state index in [2.05, 4.69) is 42.9 Å². The van der Waals surface area contributed by atoms with Crippen molar-refractivity contribution in [2.24, 2.45) is 5.41 Å². The molecule has 3 aromatic rings. The topological polar surface area (TPSA) is 129 Å². The van der Waals surface area contributed by atoms with Crippen molar-refractivity contribution in [2.45, 2.75) is 89.9 Å². The Bertz CT molecular complexity index is 1440. The summed E-state index contributed by atoms with van der Waals surface area (Å²) in [5.41, 5.74) is 1.36. The lowest BCUT2D eigenvalue weighted by Gasteiger charge is -2.36. The number of aliphatic hydroxyl groups excluding tert-OH is 1. The number of aryl methyl sites for hydroxylation is 1. The van der Waals surface area contributed by atoms with E-state index in [0.717, 1.165) is 66.8 Å². The van der Waals surface area contributed by atoms with Crippen LogP contribution in [0, 0.1) is 12.3 Å². The first-order valence-corrected chi connectivity index (χ1v) is 14.8. The second kappa shape index (κ2) is 10.7. The molecule has 3 aliphatic rings. The number of hydrogen-bond donors (Lipinski definition) is 2. The van der Waals surface area contributed by atoms with Crippen molar-refractivity contribution < 1.29 is 14.7 Å². The largest absolute Gasteiger partial charge is 0.391 e. The molecule has 11 nitrogen and oxygen atoms in total. The fourth-order valence-corrected chi connectivity index (χ4v) is 6.32. The highest BCUT2D eigenvalue weighted by molar-refractivity contribution is 5.93. The van der Waals surface area contributed by atoms with Crippen LogP contribution in [-0.4, -0.2) is 84.8 Å². The number of hydrogen-bond acceptors (Lipinski definition) is 8. The first-order valence-electron chi connectivity index (χ1n) is 14.8. The van der Waals surface area contributed by atoms with E-state index in [-0.39, 0.29) is 30.8 Å². The van der Waals surface area contributed by atoms with Crippen molar-refractivity contribution >= 4 is 28.4 Å². The summed E-state index contributed by atoms with van der Waals surface area (Å²) in [6.45, 7) is 9.55. The molecule has 1 aliphatic carbocycles. The lowest BCUT2D eigenvalue weighted by molar-refractivity contribution is -0.144. The van der Waals surface area contributed by atoms with Crippen LogP contribution >= 0.6 is 0 Å². The van der Waals surface area contributed by atoms with Crippen LogP contribution in [0.3, 0.4) is 0 Å². The number of aromatic nitrogens is 5. The first kappa shape index (κ1) is 27.6. The highest BCUT2D eigenvalue weighted by Crippen LogP contribution is 2.40. The van der Waals surface area contributed by atoms with Gasteiger partial charge in [-0.25, -0.2) is 4.68 Å². The van der Waals surface area contributed by atoms with Crippen LogP contribution in [0.25, 0.3) is 10.8 Å². The maximum Gasteiger partial charge on any atom is 0.248 e. The zero-order valence-corrected chi connectivity index (χ0v) is 24.3. The van der Waals surface area contributed by atoms with E-state index in [1.165, 1.54) is 0 Å². The molecule has 0 radical (unpaired) electrons. The monoisotopic (exact) mass is 560 g/mol. The summed E-state index contributed by atoms with van der Waals surface area (Å²) in [6.07, 6.45) is 5.07. The van der Waals surface area contributed by atoms with Gasteiger partial charge < -0.3 is 20.2 Å². The molecule has 2 amide bonds. The van der Waals surface area contributed by atoms with Crippen LogP contribution in [0.2, 0.25) is 0 Å². The van der Waals surface area contributed by atoms with Gasteiger partial charge in [-0.1, -0.05) is 50.3 Å². The summed E-state index contributed by atoms with van der Waals surface area (Å²) in [5.74, 6) is 0.882. The van der Waals surface area contributed by atoms with Gasteiger partial charge in [-0.15, -0.1) is 10.2 Å². The average Bonchev–Trinajstić information content (AvgIpc) is 3.55. The molecule has 2 aromatic heterocycles. The van der Waals surface area contributed by atoms with E-state index in [4.69, 9.17) is 0 Å². The Morgan fingerprint density at radius 1 is 1.02 bits per heavy atom. The standard InChI is InChI=1S/C30H40N8O3/c1-18-22-7-5-6-8-23(22)27(34-32-18)36-13-11-20(12-14-36)31-28(40)25-15-21(39)16-37(25)29(41)26(30(2,3)4)38-17-24(33-35-38)19-9-10-19/h5-8,17,19-21,25-26,39H,9-16H2,1-4H3,(H,31,40)/t21-,25+,26-/m1/s1. The average molecular weight is 561 g/mol. The lowest BCUT2D eigenvalue weighted by Crippen LogP contribution is -2.53. The van der Waals surface area contributed by atoms with Gasteiger partial charge in [0, 0.05) is 55.0 Å². The molecular formula is C30H40N8O3. The van der Waals surface area contributed by atoms with Gasteiger partial charge in [0.15, 0.2) is 5.82 Å². The number of benzene rings is 1. The SMILES string of the molecule is Cc1nnc(N2CCC(NC(=O)[C@@H]3C[C@@H](O)CN3C(=O)[C@@H](n3cc(C4CC4)nn3)C(C)(C)C)CC2)c2ccccc12. The van der Waals surface area contributed by atoms with Gasteiger partial charge in [-0.2, -0.15) is 5.10 Å². The van der Waals surface area contributed by atoms with Gasteiger partial charge in [-0.3, -0.25) is 9.59 Å². The van der Waals surface area contributed by atoms with Crippen LogP contribution < -0.4 is 10.2 Å². The Morgan fingerprint density at radius 3 is 2.41 bits per heavy atom. The summed E-state index contributed by atoms with van der Waals surface area (Å²) in [7, 11) is 0. The molecule has 0 spiro atoms. The van der Waals surface area contributed by atoms with Crippen molar-refractivity contribution in [3.8, 4) is 0 Å². The normalized spacial score (nSPS) is 22.8. The Morgan fingerprint density at radius 2 is 1.73 bits per heavy atom. The van der Waals surface area contributed by atoms with Gasteiger partial charge in [0.2, 0.25) is 11.8 Å². The third-order valence-corrected chi connectivity index (χ3v) is 8.70. The van der Waals surface area contributed by atoms with Crippen LogP contribution in [0.5, 0.6) is 0 Å². The predicted molar refractivity (Wildman–Crippen MR) is 154 cm³/mol. The number of carbonyl (C=O) groups excluding carboxylic acids is 2. The number of carbonyl (C=O) groups is 2. The summed E-state index contributed by atoms with van der Waals surface area (Å²) in [5, 5.41) is 33.4. The Labute approximate surface area is 240 Å². The van der Waals surface area contributed by atoms with E-state index in [1.807, 2.05) is 46.0 Å². The third-order valence-electron chi connectivity index (χ3n) is 8.70. The van der Waals surface area contributed by atoms with E-state index in [9.17, 15) is 14.7 Å². The summed E-state index contributed by atoms with van der Waals surface area (Å²) < 4.78 is 1.66. The summed E-state index contributed by atoms with van der Waals surface area (Å²) in [6, 6.07) is 6.80. The Kier molecular flexibility index (Phi) is 7.17. The van der Waals surface area contributed by atoms with E-state index in [1.54, 1.807) is 9.58 Å². The number of nitrogens with zero attached hydrogens (tertiary/aromatic N) is 7. The third kappa shape index (κ3) is 5.51. The first-order chi connectivity index (χ1) is 19.6. The maximum absolute atomic E-state index is 14.0. The van der Waals surface area contributed by atoms with Gasteiger partial charge in [0.25, 0.3) is 0 Å². The zero-order valence-electron chi connectivity index (χ0n) is 24.3. The molecule has 1 saturated carbocycles. The lowest BCUT2D eigenvalue weighted by atomic mass is 9.85. The van der Waals surface area contributed by atoms with Gasteiger partial charge in [0.05, 0.1) is 17.5 Å². The summed E-state index contributed by atoms with van der Waals surface area (Å²) in [4.78, 5) is 31.3. The second-order valence-electron chi connectivity index (χ2n) is 13.0. The maximum atomic E-state index is 14.0. The minimum atomic E-state index is -0.747. The smallest absolute Gasteiger partial charge is 0.248 e. The Balaban J connectivity index is 1.13. The van der Waals surface area contributed by atoms with Crippen molar-refractivity contribution in [2.75, 3.05) is 24.5 Å². The van der Waals surface area contributed by atoms with Crippen molar-refractivity contribution in [1.29, 1.82) is 0 Å². The molecule has 3 atom stereocenters. The Hall–Kier alpha value is -3.60. The molecule has 1 aromatic carbocycles. The quantitative estimate of drug-likeness (QED) is 0.471. The number of fused-ring (bicyclic) bond motifs is 1. The molecule has 2 saturated heterocycles. The molecule has 218 valence electrons. The van der Waals surface area contributed by atoms with E-state index >= 15 is 0 Å². The molecule has 6 rings (SSSR count). The van der Waals surface area contributed by atoms with Crippen molar-refractivity contribution in [3.63, 3.8) is 0 Å². The molecule has 3 fully saturated rings. The van der Waals surface area contributed by atoms with Gasteiger partial charge in [0.1, 0.15) is 12.1 Å². The zero-order chi connectivity index (χ0) is 28.9. The molecule has 0 bridgehead atoms. The molecule has 0 unspecified atom stereocenters. The summed E-state index contributed by atoms with van der Waals surface area (Å²) >= 11 is 0. The number of piperidine rings is 1. The molecule has 41 heavy (non-hydrogen) atoms. The molecule has 11 heteroatoms. The fourth-order valence-electron chi connectivity index (χ4n) is 6.32. The number of anilines is 1. The van der Waals surface area contributed by atoms with Gasteiger partial charge in [-0.05, 0) is 38.0 Å². The molecule has 2 N–H and O–H groups in total. The van der Waals surface area contributed by atoms with Gasteiger partial charge >= 0.3 is 0 Å². The number of nitrogens with one attached hydrogen (secondary N) is 1. The minimum Gasteiger partial charge on any atom is -0.391 e. The highest BCUT2D eigenvalue weighted by Gasteiger charge is 2.46. The molecule has 2 aliphatic heterocycles. The number of likely N-dealkylation sites (tertiary alicyclic amines) is 1. The van der Waals surface area contributed by atoms with Crippen molar-refractivity contribution in [3.05, 3.63) is 41.9 Å². The number of aliphatic hydroxyl groups is 1. The molecular weight excluding hydrogens is 520 g/mol. The number of β-amino-alcohol motifs (C(OH)–C–C–N with tert-alkyl or cyclic N) is 1. The van der Waals surface area contributed by atoms with Crippen molar-refractivity contribution in [1.82, 2.24) is 35.4 Å². The predicted octanol–water partition coefficient (Wildman–Crippen LogP) is 2.74. The number of rotatable bonds is 6. The highest BCUT2D eigenvalue weighted by atomic mass is 16.3. The van der Waals surface area contributed by atoms with Crippen LogP contribution in [0.1, 0.15) is 76.2 Å². The van der Waals surface area contributed by atoms with Crippen LogP contribution in [0.15, 0.2) is 30.5 Å². The number of amides is 2. The second-order valence-corrected chi connectivity index (χ2v) is 13.0. The molecule has 4 heterocycles. The fraction of sp³-hybridized carbons (Fsp3) is 0.600. The minimum absolute atomic E-state index is 0.0204. The van der Waals surface area contributed by atoms with E-state index in [0.29, 0.717) is 5.92 Å². The van der Waals surface area contributed by atoms with E-state index < -0.39 is 23.6 Å². The van der Waals surface area contributed by atoms with Crippen LogP contribution in [0.4, 0.5) is 5.82 Å².